The van der Waals surface area contributed by atoms with Gasteiger partial charge < -0.3 is 11.1 Å². The maximum Gasteiger partial charge on any atom is 0.188 e. The second kappa shape index (κ2) is 6.59. The number of hydrogen-bond donors (Lipinski definition) is 2. The number of nitrogens with one attached hydrogen (secondary N) is 1. The molecule has 1 saturated heterocycles. The molecule has 1 aliphatic heterocycles. The van der Waals surface area contributed by atoms with Crippen LogP contribution in [0.3, 0.4) is 0 Å². The lowest BCUT2D eigenvalue weighted by Gasteiger charge is -2.24. The summed E-state index contributed by atoms with van der Waals surface area (Å²) >= 11 is 0. The first kappa shape index (κ1) is 14.6. The topological polar surface area (TPSA) is 84.5 Å². The van der Waals surface area contributed by atoms with Gasteiger partial charge in [0.2, 0.25) is 0 Å². The normalized spacial score (nSPS) is 29.1. The van der Waals surface area contributed by atoms with Crippen LogP contribution < -0.4 is 11.1 Å². The lowest BCUT2D eigenvalue weighted by molar-refractivity contribution is 0.411. The van der Waals surface area contributed by atoms with E-state index in [1.165, 1.54) is 19.3 Å². The van der Waals surface area contributed by atoms with Gasteiger partial charge in [-0.05, 0) is 31.6 Å². The average Bonchev–Trinajstić information content (AvgIpc) is 2.36. The van der Waals surface area contributed by atoms with E-state index in [-0.39, 0.29) is 11.7 Å². The summed E-state index contributed by atoms with van der Waals surface area (Å²) in [4.78, 5) is 4.33. The van der Waals surface area contributed by atoms with Crippen LogP contribution >= 0.6 is 0 Å². The van der Waals surface area contributed by atoms with Gasteiger partial charge in [0.1, 0.15) is 0 Å². The third kappa shape index (κ3) is 5.01. The molecule has 0 aromatic rings. The Hall–Kier alpha value is -0.780. The molecule has 2 aliphatic rings. The highest BCUT2D eigenvalue weighted by Gasteiger charge is 2.24. The standard InChI is InChI=1S/C13H25N3O2S/c14-13(16-12-6-2-1-3-7-12)15-9-11-5-4-8-19(17,18)10-11/h11-12H,1-10H2,(H3,14,15,16). The summed E-state index contributed by atoms with van der Waals surface area (Å²) in [6.07, 6.45) is 7.85. The Morgan fingerprint density at radius 3 is 2.58 bits per heavy atom. The van der Waals surface area contributed by atoms with Crippen LogP contribution in [0.5, 0.6) is 0 Å². The van der Waals surface area contributed by atoms with E-state index in [0.29, 0.717) is 24.3 Å². The molecule has 2 rings (SSSR count). The van der Waals surface area contributed by atoms with Crippen LogP contribution in [0, 0.1) is 5.92 Å². The number of nitrogens with two attached hydrogens (primary N) is 1. The Balaban J connectivity index is 1.77. The van der Waals surface area contributed by atoms with Gasteiger partial charge in [-0.3, -0.25) is 4.99 Å². The van der Waals surface area contributed by atoms with Crippen molar-refractivity contribution in [2.24, 2.45) is 16.6 Å². The Morgan fingerprint density at radius 2 is 1.89 bits per heavy atom. The predicted octanol–water partition coefficient (Wildman–Crippen LogP) is 1.05. The van der Waals surface area contributed by atoms with Gasteiger partial charge in [0.25, 0.3) is 0 Å². The Bertz CT molecular complexity index is 414. The lowest BCUT2D eigenvalue weighted by Crippen LogP contribution is -2.41. The SMILES string of the molecule is NC(=NCC1CCCS(=O)(=O)C1)NC1CCCCC1. The molecule has 3 N–H and O–H groups in total. The van der Waals surface area contributed by atoms with Crippen LogP contribution in [-0.2, 0) is 9.84 Å². The molecule has 0 amide bonds. The van der Waals surface area contributed by atoms with E-state index >= 15 is 0 Å². The molecule has 6 heteroatoms. The van der Waals surface area contributed by atoms with Crippen molar-refractivity contribution in [3.8, 4) is 0 Å². The van der Waals surface area contributed by atoms with Crippen LogP contribution in [0.4, 0.5) is 0 Å². The fraction of sp³-hybridized carbons (Fsp3) is 0.923. The van der Waals surface area contributed by atoms with Gasteiger partial charge in [0.15, 0.2) is 15.8 Å². The number of hydrogen-bond acceptors (Lipinski definition) is 3. The van der Waals surface area contributed by atoms with E-state index < -0.39 is 9.84 Å². The molecule has 0 aromatic carbocycles. The molecule has 2 fully saturated rings. The monoisotopic (exact) mass is 287 g/mol. The molecule has 0 aromatic heterocycles. The van der Waals surface area contributed by atoms with E-state index in [2.05, 4.69) is 10.3 Å². The molecule has 0 radical (unpaired) electrons. The maximum atomic E-state index is 11.5. The van der Waals surface area contributed by atoms with E-state index in [0.717, 1.165) is 25.7 Å². The molecule has 1 atom stereocenters. The molecular formula is C13H25N3O2S. The second-order valence-corrected chi connectivity index (χ2v) is 8.06. The van der Waals surface area contributed by atoms with Gasteiger partial charge in [0, 0.05) is 12.6 Å². The summed E-state index contributed by atoms with van der Waals surface area (Å²) in [6.45, 7) is 0.533. The van der Waals surface area contributed by atoms with E-state index in [9.17, 15) is 8.42 Å². The number of rotatable bonds is 3. The van der Waals surface area contributed by atoms with Crippen LogP contribution in [0.2, 0.25) is 0 Å². The molecule has 0 bridgehead atoms. The molecule has 1 aliphatic carbocycles. The zero-order chi connectivity index (χ0) is 13.7. The molecule has 19 heavy (non-hydrogen) atoms. The molecule has 0 spiro atoms. The third-order valence-electron chi connectivity index (χ3n) is 4.03. The first-order valence-corrected chi connectivity index (χ1v) is 9.14. The summed E-state index contributed by atoms with van der Waals surface area (Å²) in [5.74, 6) is 1.23. The molecule has 1 unspecified atom stereocenters. The second-order valence-electron chi connectivity index (χ2n) is 5.83. The minimum atomic E-state index is -2.84. The van der Waals surface area contributed by atoms with Gasteiger partial charge in [-0.1, -0.05) is 19.3 Å². The summed E-state index contributed by atoms with van der Waals surface area (Å²) in [5.41, 5.74) is 5.88. The van der Waals surface area contributed by atoms with E-state index in [4.69, 9.17) is 5.73 Å². The number of guanidine groups is 1. The number of nitrogens with zero attached hydrogens (tertiary/aromatic N) is 1. The third-order valence-corrected chi connectivity index (χ3v) is 5.92. The van der Waals surface area contributed by atoms with E-state index in [1.807, 2.05) is 0 Å². The molecule has 1 heterocycles. The van der Waals surface area contributed by atoms with Crippen LogP contribution in [0.1, 0.15) is 44.9 Å². The van der Waals surface area contributed by atoms with Crippen LogP contribution in [-0.4, -0.2) is 38.5 Å². The van der Waals surface area contributed by atoms with Gasteiger partial charge in [-0.15, -0.1) is 0 Å². The summed E-state index contributed by atoms with van der Waals surface area (Å²) in [5, 5.41) is 3.26. The van der Waals surface area contributed by atoms with Crippen molar-refractivity contribution in [2.45, 2.75) is 51.0 Å². The van der Waals surface area contributed by atoms with Crippen molar-refractivity contribution < 1.29 is 8.42 Å². The van der Waals surface area contributed by atoms with Crippen LogP contribution in [0.15, 0.2) is 4.99 Å². The Labute approximate surface area is 116 Å². The molecule has 5 nitrogen and oxygen atoms in total. The lowest BCUT2D eigenvalue weighted by atomic mass is 9.96. The van der Waals surface area contributed by atoms with Crippen LogP contribution in [0.25, 0.3) is 0 Å². The minimum Gasteiger partial charge on any atom is -0.370 e. The van der Waals surface area contributed by atoms with Crippen molar-refractivity contribution >= 4 is 15.8 Å². The first-order chi connectivity index (χ1) is 9.05. The Morgan fingerprint density at radius 1 is 1.16 bits per heavy atom. The highest BCUT2D eigenvalue weighted by atomic mass is 32.2. The number of sulfone groups is 1. The average molecular weight is 287 g/mol. The highest BCUT2D eigenvalue weighted by molar-refractivity contribution is 7.91. The maximum absolute atomic E-state index is 11.5. The van der Waals surface area contributed by atoms with Crippen molar-refractivity contribution in [1.82, 2.24) is 5.32 Å². The fourth-order valence-electron chi connectivity index (χ4n) is 2.99. The van der Waals surface area contributed by atoms with Crippen molar-refractivity contribution in [3.63, 3.8) is 0 Å². The van der Waals surface area contributed by atoms with Gasteiger partial charge in [-0.25, -0.2) is 8.42 Å². The number of aliphatic imine (C=N–C) groups is 1. The zero-order valence-electron chi connectivity index (χ0n) is 11.5. The van der Waals surface area contributed by atoms with Gasteiger partial charge >= 0.3 is 0 Å². The summed E-state index contributed by atoms with van der Waals surface area (Å²) in [6, 6.07) is 0.451. The molecule has 1 saturated carbocycles. The quantitative estimate of drug-likeness (QED) is 0.600. The van der Waals surface area contributed by atoms with E-state index in [1.54, 1.807) is 0 Å². The molecular weight excluding hydrogens is 262 g/mol. The van der Waals surface area contributed by atoms with Gasteiger partial charge in [-0.2, -0.15) is 0 Å². The fourth-order valence-corrected chi connectivity index (χ4v) is 4.75. The molecule has 110 valence electrons. The zero-order valence-corrected chi connectivity index (χ0v) is 12.3. The van der Waals surface area contributed by atoms with Crippen molar-refractivity contribution in [3.05, 3.63) is 0 Å². The van der Waals surface area contributed by atoms with Crippen molar-refractivity contribution in [1.29, 1.82) is 0 Å². The van der Waals surface area contributed by atoms with Gasteiger partial charge in [0.05, 0.1) is 11.5 Å². The smallest absolute Gasteiger partial charge is 0.188 e. The summed E-state index contributed by atoms with van der Waals surface area (Å²) in [7, 11) is -2.84. The van der Waals surface area contributed by atoms with Crippen molar-refractivity contribution in [2.75, 3.05) is 18.1 Å². The first-order valence-electron chi connectivity index (χ1n) is 7.32. The highest BCUT2D eigenvalue weighted by Crippen LogP contribution is 2.19. The largest absolute Gasteiger partial charge is 0.370 e. The Kier molecular flexibility index (Phi) is 5.07. The summed E-state index contributed by atoms with van der Waals surface area (Å²) < 4.78 is 23.1. The minimum absolute atomic E-state index is 0.144. The predicted molar refractivity (Wildman–Crippen MR) is 77.9 cm³/mol.